The third-order valence-corrected chi connectivity index (χ3v) is 3.67. The molecule has 1 aromatic rings. The molecule has 0 spiro atoms. The van der Waals surface area contributed by atoms with Gasteiger partial charge in [-0.1, -0.05) is 30.3 Å². The van der Waals surface area contributed by atoms with Gasteiger partial charge in [-0.3, -0.25) is 9.89 Å². The van der Waals surface area contributed by atoms with Gasteiger partial charge in [-0.25, -0.2) is 0 Å². The van der Waals surface area contributed by atoms with Crippen LogP contribution in [0.3, 0.4) is 0 Å². The molecule has 0 aliphatic carbocycles. The molecule has 1 aromatic carbocycles. The van der Waals surface area contributed by atoms with Crippen molar-refractivity contribution < 1.29 is 4.74 Å². The highest BCUT2D eigenvalue weighted by Gasteiger charge is 2.09. The fraction of sp³-hybridized carbons (Fsp3) is 0.588. The third kappa shape index (κ3) is 7.43. The molecule has 0 heterocycles. The second kappa shape index (κ2) is 10.2. The fourth-order valence-electron chi connectivity index (χ4n) is 2.21. The van der Waals surface area contributed by atoms with E-state index in [9.17, 15) is 0 Å². The maximum atomic E-state index is 5.86. The first-order valence-corrected chi connectivity index (χ1v) is 7.82. The van der Waals surface area contributed by atoms with Crippen molar-refractivity contribution >= 4 is 5.96 Å². The first-order valence-electron chi connectivity index (χ1n) is 7.82. The molecule has 0 radical (unpaired) electrons. The number of ether oxygens (including phenoxy) is 1. The quantitative estimate of drug-likeness (QED) is 0.540. The molecule has 0 saturated carbocycles. The molecule has 2 atom stereocenters. The van der Waals surface area contributed by atoms with Gasteiger partial charge >= 0.3 is 0 Å². The van der Waals surface area contributed by atoms with Crippen molar-refractivity contribution in [3.05, 3.63) is 35.9 Å². The zero-order chi connectivity index (χ0) is 16.4. The fourth-order valence-corrected chi connectivity index (χ4v) is 2.21. The Bertz CT molecular complexity index is 436. The van der Waals surface area contributed by atoms with Gasteiger partial charge in [0.1, 0.15) is 0 Å². The van der Waals surface area contributed by atoms with Crippen molar-refractivity contribution in [2.24, 2.45) is 10.7 Å². The minimum Gasteiger partial charge on any atom is -0.383 e. The molecule has 124 valence electrons. The average molecular weight is 306 g/mol. The number of methoxy groups -OCH3 is 1. The lowest BCUT2D eigenvalue weighted by molar-refractivity contribution is 0.179. The van der Waals surface area contributed by atoms with Crippen LogP contribution in [0.15, 0.2) is 35.3 Å². The Hall–Kier alpha value is -1.59. The summed E-state index contributed by atoms with van der Waals surface area (Å²) >= 11 is 0. The topological polar surface area (TPSA) is 62.9 Å². The summed E-state index contributed by atoms with van der Waals surface area (Å²) in [7, 11) is 3.82. The molecule has 5 nitrogen and oxygen atoms in total. The van der Waals surface area contributed by atoms with E-state index in [2.05, 4.69) is 53.4 Å². The Morgan fingerprint density at radius 3 is 2.64 bits per heavy atom. The van der Waals surface area contributed by atoms with Crippen LogP contribution < -0.4 is 11.1 Å². The van der Waals surface area contributed by atoms with Crippen LogP contribution in [-0.4, -0.2) is 50.3 Å². The van der Waals surface area contributed by atoms with Crippen molar-refractivity contribution in [2.75, 3.05) is 27.3 Å². The van der Waals surface area contributed by atoms with Crippen LogP contribution in [0.5, 0.6) is 0 Å². The Labute approximate surface area is 134 Å². The second-order valence-electron chi connectivity index (χ2n) is 5.81. The van der Waals surface area contributed by atoms with Gasteiger partial charge in [0.05, 0.1) is 6.61 Å². The highest BCUT2D eigenvalue weighted by atomic mass is 16.5. The number of guanidine groups is 1. The molecule has 22 heavy (non-hydrogen) atoms. The van der Waals surface area contributed by atoms with Crippen molar-refractivity contribution in [1.29, 1.82) is 0 Å². The maximum Gasteiger partial charge on any atom is 0.188 e. The summed E-state index contributed by atoms with van der Waals surface area (Å²) in [6.07, 6.45) is 0.977. The summed E-state index contributed by atoms with van der Waals surface area (Å²) < 4.78 is 5.06. The average Bonchev–Trinajstić information content (AvgIpc) is 2.48. The smallest absolute Gasteiger partial charge is 0.188 e. The van der Waals surface area contributed by atoms with Gasteiger partial charge in [0.25, 0.3) is 0 Å². The predicted octanol–water partition coefficient (Wildman–Crippen LogP) is 1.84. The molecule has 5 heteroatoms. The highest BCUT2D eigenvalue weighted by Crippen LogP contribution is 2.08. The Balaban J connectivity index is 2.31. The van der Waals surface area contributed by atoms with Crippen LogP contribution in [0, 0.1) is 0 Å². The molecule has 1 rings (SSSR count). The van der Waals surface area contributed by atoms with Gasteiger partial charge in [-0.15, -0.1) is 0 Å². The summed E-state index contributed by atoms with van der Waals surface area (Å²) in [5.41, 5.74) is 7.19. The SMILES string of the molecule is COCC(C)NC(N)=NCCC(C)N(C)Cc1ccccc1. The zero-order valence-electron chi connectivity index (χ0n) is 14.2. The number of rotatable bonds is 9. The Morgan fingerprint density at radius 1 is 1.32 bits per heavy atom. The Kier molecular flexibility index (Phi) is 8.55. The van der Waals surface area contributed by atoms with Gasteiger partial charge < -0.3 is 15.8 Å². The van der Waals surface area contributed by atoms with E-state index in [-0.39, 0.29) is 6.04 Å². The van der Waals surface area contributed by atoms with Crippen LogP contribution in [0.1, 0.15) is 25.8 Å². The maximum absolute atomic E-state index is 5.86. The van der Waals surface area contributed by atoms with E-state index in [4.69, 9.17) is 10.5 Å². The lowest BCUT2D eigenvalue weighted by Gasteiger charge is -2.24. The minimum atomic E-state index is 0.173. The first kappa shape index (κ1) is 18.5. The summed E-state index contributed by atoms with van der Waals surface area (Å²) in [4.78, 5) is 6.71. The number of nitrogens with one attached hydrogen (secondary N) is 1. The third-order valence-electron chi connectivity index (χ3n) is 3.67. The number of hydrogen-bond acceptors (Lipinski definition) is 3. The highest BCUT2D eigenvalue weighted by molar-refractivity contribution is 5.78. The number of hydrogen-bond donors (Lipinski definition) is 2. The largest absolute Gasteiger partial charge is 0.383 e. The van der Waals surface area contributed by atoms with Gasteiger partial charge in [-0.2, -0.15) is 0 Å². The number of aliphatic imine (C=N–C) groups is 1. The number of nitrogens with two attached hydrogens (primary N) is 1. The summed E-state index contributed by atoms with van der Waals surface area (Å²) in [6, 6.07) is 11.1. The molecule has 0 saturated heterocycles. The molecular weight excluding hydrogens is 276 g/mol. The van der Waals surface area contributed by atoms with Gasteiger partial charge in [0.2, 0.25) is 0 Å². The van der Waals surface area contributed by atoms with Crippen molar-refractivity contribution in [3.8, 4) is 0 Å². The van der Waals surface area contributed by atoms with Gasteiger partial charge in [-0.05, 0) is 32.9 Å². The summed E-state index contributed by atoms with van der Waals surface area (Å²) in [5.74, 6) is 0.488. The summed E-state index contributed by atoms with van der Waals surface area (Å²) in [6.45, 7) is 6.52. The van der Waals surface area contributed by atoms with Crippen LogP contribution in [0.4, 0.5) is 0 Å². The lowest BCUT2D eigenvalue weighted by Crippen LogP contribution is -2.41. The monoisotopic (exact) mass is 306 g/mol. The lowest BCUT2D eigenvalue weighted by atomic mass is 10.1. The minimum absolute atomic E-state index is 0.173. The molecule has 0 aliphatic heterocycles. The molecule has 0 aromatic heterocycles. The molecular formula is C17H30N4O. The first-order chi connectivity index (χ1) is 10.5. The van der Waals surface area contributed by atoms with E-state index in [1.54, 1.807) is 7.11 Å². The van der Waals surface area contributed by atoms with Gasteiger partial charge in [0, 0.05) is 32.3 Å². The van der Waals surface area contributed by atoms with E-state index in [1.165, 1.54) is 5.56 Å². The van der Waals surface area contributed by atoms with E-state index in [0.29, 0.717) is 18.6 Å². The molecule has 0 fully saturated rings. The molecule has 2 unspecified atom stereocenters. The van der Waals surface area contributed by atoms with E-state index >= 15 is 0 Å². The zero-order valence-corrected chi connectivity index (χ0v) is 14.2. The predicted molar refractivity (Wildman–Crippen MR) is 93.0 cm³/mol. The molecule has 0 bridgehead atoms. The number of nitrogens with zero attached hydrogens (tertiary/aromatic N) is 2. The van der Waals surface area contributed by atoms with Crippen molar-refractivity contribution in [3.63, 3.8) is 0 Å². The van der Waals surface area contributed by atoms with Crippen molar-refractivity contribution in [2.45, 2.75) is 38.9 Å². The molecule has 0 amide bonds. The molecule has 0 aliphatic rings. The van der Waals surface area contributed by atoms with Crippen LogP contribution in [0.2, 0.25) is 0 Å². The normalized spacial score (nSPS) is 14.9. The van der Waals surface area contributed by atoms with Crippen molar-refractivity contribution in [1.82, 2.24) is 10.2 Å². The van der Waals surface area contributed by atoms with Gasteiger partial charge in [0.15, 0.2) is 5.96 Å². The van der Waals surface area contributed by atoms with Crippen LogP contribution in [0.25, 0.3) is 0 Å². The Morgan fingerprint density at radius 2 is 2.00 bits per heavy atom. The number of benzene rings is 1. The second-order valence-corrected chi connectivity index (χ2v) is 5.81. The summed E-state index contributed by atoms with van der Waals surface area (Å²) in [5, 5.41) is 3.11. The van der Waals surface area contributed by atoms with E-state index in [1.807, 2.05) is 13.0 Å². The van der Waals surface area contributed by atoms with E-state index < -0.39 is 0 Å². The standard InChI is InChI=1S/C17H30N4O/c1-14(13-22-4)20-17(18)19-11-10-15(2)21(3)12-16-8-6-5-7-9-16/h5-9,14-15H,10-13H2,1-4H3,(H3,18,19,20). The van der Waals surface area contributed by atoms with Crippen LogP contribution in [-0.2, 0) is 11.3 Å². The van der Waals surface area contributed by atoms with Crippen LogP contribution >= 0.6 is 0 Å². The van der Waals surface area contributed by atoms with E-state index in [0.717, 1.165) is 19.5 Å². The molecule has 3 N–H and O–H groups in total.